The number of halogens is 1. The Labute approximate surface area is 170 Å². The summed E-state index contributed by atoms with van der Waals surface area (Å²) in [6.07, 6.45) is 1.56. The Morgan fingerprint density at radius 3 is 2.68 bits per heavy atom. The average Bonchev–Trinajstić information content (AvgIpc) is 2.68. The highest BCUT2D eigenvalue weighted by Gasteiger charge is 2.16. The molecule has 0 saturated carbocycles. The Morgan fingerprint density at radius 2 is 2.04 bits per heavy atom. The molecule has 8 nitrogen and oxygen atoms in total. The molecule has 3 rings (SSSR count). The minimum absolute atomic E-state index is 0.0966. The molecule has 0 saturated heterocycles. The third-order valence-electron chi connectivity index (χ3n) is 3.80. The summed E-state index contributed by atoms with van der Waals surface area (Å²) in [5.41, 5.74) is 8.27. The molecule has 0 aliphatic rings. The minimum Gasteiger partial charge on any atom is -0.496 e. The molecular weight excluding hydrogens is 404 g/mol. The van der Waals surface area contributed by atoms with Crippen molar-refractivity contribution in [3.63, 3.8) is 0 Å². The highest BCUT2D eigenvalue weighted by molar-refractivity contribution is 7.80. The summed E-state index contributed by atoms with van der Waals surface area (Å²) in [7, 11) is 1.42. The standard InChI is InChI=1S/C18H15ClN4O4S/c1-26-16-8-14-10(7-11(16)17(24)23-25)15(4-5-21-14)27-9-2-3-13(12(19)6-9)22-18(20)28/h2-8,25H,1H3,(H,23,24)(H3,20,22,28). The number of fused-ring (bicyclic) bond motifs is 1. The van der Waals surface area contributed by atoms with Crippen molar-refractivity contribution in [3.8, 4) is 17.2 Å². The van der Waals surface area contributed by atoms with Crippen molar-refractivity contribution in [2.45, 2.75) is 0 Å². The first-order valence-electron chi connectivity index (χ1n) is 7.88. The first-order chi connectivity index (χ1) is 13.4. The lowest BCUT2D eigenvalue weighted by Gasteiger charge is -2.13. The van der Waals surface area contributed by atoms with E-state index in [1.54, 1.807) is 42.0 Å². The molecule has 10 heteroatoms. The maximum Gasteiger partial charge on any atom is 0.278 e. The summed E-state index contributed by atoms with van der Waals surface area (Å²) >= 11 is 11.0. The number of nitrogens with two attached hydrogens (primary N) is 1. The van der Waals surface area contributed by atoms with Crippen LogP contribution in [0.3, 0.4) is 0 Å². The van der Waals surface area contributed by atoms with Gasteiger partial charge in [0.25, 0.3) is 5.91 Å². The van der Waals surface area contributed by atoms with Crippen molar-refractivity contribution in [2.24, 2.45) is 5.73 Å². The second-order valence-electron chi connectivity index (χ2n) is 5.55. The number of carbonyl (C=O) groups excluding carboxylic acids is 1. The number of rotatable bonds is 5. The number of methoxy groups -OCH3 is 1. The van der Waals surface area contributed by atoms with Crippen molar-refractivity contribution < 1.29 is 19.5 Å². The van der Waals surface area contributed by atoms with Crippen LogP contribution in [0.15, 0.2) is 42.6 Å². The van der Waals surface area contributed by atoms with Gasteiger partial charge in [0.05, 0.1) is 28.9 Å². The van der Waals surface area contributed by atoms with Crippen LogP contribution in [0.2, 0.25) is 5.02 Å². The number of amides is 1. The van der Waals surface area contributed by atoms with Crippen LogP contribution in [0.25, 0.3) is 10.9 Å². The van der Waals surface area contributed by atoms with Crippen LogP contribution < -0.4 is 26.0 Å². The van der Waals surface area contributed by atoms with Gasteiger partial charge in [-0.1, -0.05) is 11.6 Å². The van der Waals surface area contributed by atoms with Crippen LogP contribution in [0, 0.1) is 0 Å². The van der Waals surface area contributed by atoms with Crippen LogP contribution in [0.4, 0.5) is 5.69 Å². The number of hydrogen-bond acceptors (Lipinski definition) is 6. The summed E-state index contributed by atoms with van der Waals surface area (Å²) in [6, 6.07) is 9.70. The number of ether oxygens (including phenoxy) is 2. The van der Waals surface area contributed by atoms with E-state index < -0.39 is 5.91 Å². The number of nitrogens with one attached hydrogen (secondary N) is 2. The molecule has 1 aromatic heterocycles. The number of benzene rings is 2. The molecule has 144 valence electrons. The number of pyridine rings is 1. The molecule has 0 unspecified atom stereocenters. The highest BCUT2D eigenvalue weighted by atomic mass is 35.5. The number of carbonyl (C=O) groups is 1. The highest BCUT2D eigenvalue weighted by Crippen LogP contribution is 2.35. The molecule has 1 amide bonds. The van der Waals surface area contributed by atoms with Crippen molar-refractivity contribution in [1.29, 1.82) is 0 Å². The number of hydroxylamine groups is 1. The lowest BCUT2D eigenvalue weighted by atomic mass is 10.1. The number of aromatic nitrogens is 1. The zero-order valence-corrected chi connectivity index (χ0v) is 16.1. The van der Waals surface area contributed by atoms with Crippen molar-refractivity contribution in [2.75, 3.05) is 12.4 Å². The van der Waals surface area contributed by atoms with E-state index in [1.165, 1.54) is 13.2 Å². The third kappa shape index (κ3) is 4.06. The third-order valence-corrected chi connectivity index (χ3v) is 4.21. The molecule has 0 bridgehead atoms. The lowest BCUT2D eigenvalue weighted by molar-refractivity contribution is 0.0703. The first kappa shape index (κ1) is 19.6. The van der Waals surface area contributed by atoms with E-state index in [2.05, 4.69) is 10.3 Å². The topological polar surface area (TPSA) is 119 Å². The van der Waals surface area contributed by atoms with Gasteiger partial charge in [0.15, 0.2) is 5.11 Å². The molecule has 3 aromatic rings. The van der Waals surface area contributed by atoms with E-state index in [1.807, 2.05) is 0 Å². The fourth-order valence-electron chi connectivity index (χ4n) is 2.56. The van der Waals surface area contributed by atoms with Gasteiger partial charge in [-0.15, -0.1) is 0 Å². The Balaban J connectivity index is 2.02. The SMILES string of the molecule is COc1cc2nccc(Oc3ccc(NC(N)=S)c(Cl)c3)c2cc1C(=O)NO. The van der Waals surface area contributed by atoms with Gasteiger partial charge in [-0.25, -0.2) is 5.48 Å². The second kappa shape index (κ2) is 8.26. The van der Waals surface area contributed by atoms with E-state index >= 15 is 0 Å². The molecule has 2 aromatic carbocycles. The number of hydrogen-bond donors (Lipinski definition) is 4. The summed E-state index contributed by atoms with van der Waals surface area (Å²) in [5, 5.41) is 12.7. The normalized spacial score (nSPS) is 10.4. The Hall–Kier alpha value is -3.14. The molecule has 0 atom stereocenters. The number of anilines is 1. The van der Waals surface area contributed by atoms with Gasteiger partial charge in [0.1, 0.15) is 17.2 Å². The van der Waals surface area contributed by atoms with Crippen molar-refractivity contribution in [1.82, 2.24) is 10.5 Å². The van der Waals surface area contributed by atoms with Crippen molar-refractivity contribution >= 4 is 51.4 Å². The van der Waals surface area contributed by atoms with Gasteiger partial charge in [-0.3, -0.25) is 15.0 Å². The zero-order chi connectivity index (χ0) is 20.3. The van der Waals surface area contributed by atoms with E-state index in [9.17, 15) is 4.79 Å². The van der Waals surface area contributed by atoms with Gasteiger partial charge >= 0.3 is 0 Å². The number of nitrogens with zero attached hydrogens (tertiary/aromatic N) is 1. The van der Waals surface area contributed by atoms with Crippen molar-refractivity contribution in [3.05, 3.63) is 53.2 Å². The van der Waals surface area contributed by atoms with Crippen LogP contribution >= 0.6 is 23.8 Å². The molecular formula is C18H15ClN4O4S. The fraction of sp³-hybridized carbons (Fsp3) is 0.0556. The molecule has 5 N–H and O–H groups in total. The summed E-state index contributed by atoms with van der Waals surface area (Å²) in [4.78, 5) is 16.2. The predicted octanol–water partition coefficient (Wildman–Crippen LogP) is 3.46. The van der Waals surface area contributed by atoms with E-state index in [4.69, 9.17) is 44.2 Å². The largest absolute Gasteiger partial charge is 0.496 e. The smallest absolute Gasteiger partial charge is 0.278 e. The number of thiocarbonyl (C=S) groups is 1. The van der Waals surface area contributed by atoms with Crippen LogP contribution in [0.1, 0.15) is 10.4 Å². The monoisotopic (exact) mass is 418 g/mol. The summed E-state index contributed by atoms with van der Waals surface area (Å²) < 4.78 is 11.1. The second-order valence-corrected chi connectivity index (χ2v) is 6.40. The van der Waals surface area contributed by atoms with E-state index in [-0.39, 0.29) is 16.4 Å². The molecule has 0 radical (unpaired) electrons. The van der Waals surface area contributed by atoms with Crippen LogP contribution in [-0.4, -0.2) is 28.3 Å². The maximum absolute atomic E-state index is 11.9. The molecule has 0 aliphatic heterocycles. The van der Waals surface area contributed by atoms with Crippen LogP contribution in [0.5, 0.6) is 17.2 Å². The summed E-state index contributed by atoms with van der Waals surface area (Å²) in [6.45, 7) is 0. The predicted molar refractivity (Wildman–Crippen MR) is 109 cm³/mol. The van der Waals surface area contributed by atoms with Gasteiger partial charge in [0, 0.05) is 23.7 Å². The molecule has 0 spiro atoms. The van der Waals surface area contributed by atoms with Gasteiger partial charge in [-0.05, 0) is 36.5 Å². The first-order valence-corrected chi connectivity index (χ1v) is 8.66. The zero-order valence-electron chi connectivity index (χ0n) is 14.5. The summed E-state index contributed by atoms with van der Waals surface area (Å²) in [5.74, 6) is 0.436. The Morgan fingerprint density at radius 1 is 1.25 bits per heavy atom. The van der Waals surface area contributed by atoms with Gasteiger partial charge in [0.2, 0.25) is 0 Å². The van der Waals surface area contributed by atoms with Gasteiger partial charge in [-0.2, -0.15) is 0 Å². The van der Waals surface area contributed by atoms with E-state index in [0.717, 1.165) is 0 Å². The quantitative estimate of drug-likeness (QED) is 0.282. The fourth-order valence-corrected chi connectivity index (χ4v) is 2.89. The minimum atomic E-state index is -0.718. The lowest BCUT2D eigenvalue weighted by Crippen LogP contribution is -2.19. The van der Waals surface area contributed by atoms with E-state index in [0.29, 0.717) is 33.1 Å². The average molecular weight is 419 g/mol. The Kier molecular flexibility index (Phi) is 5.78. The molecule has 1 heterocycles. The maximum atomic E-state index is 11.9. The Bertz CT molecular complexity index is 1080. The molecule has 0 fully saturated rings. The molecule has 0 aliphatic carbocycles. The molecule has 28 heavy (non-hydrogen) atoms. The van der Waals surface area contributed by atoms with Gasteiger partial charge < -0.3 is 20.5 Å². The van der Waals surface area contributed by atoms with Crippen LogP contribution in [-0.2, 0) is 0 Å².